The van der Waals surface area contributed by atoms with Crippen molar-refractivity contribution in [2.45, 2.75) is 37.6 Å². The predicted molar refractivity (Wildman–Crippen MR) is 65.7 cm³/mol. The van der Waals surface area contributed by atoms with Crippen molar-refractivity contribution < 1.29 is 13.2 Å². The molecule has 0 unspecified atom stereocenters. The highest BCUT2D eigenvalue weighted by Gasteiger charge is 2.21. The van der Waals surface area contributed by atoms with Crippen LogP contribution in [0.1, 0.15) is 37.7 Å². The third kappa shape index (κ3) is 3.74. The standard InChI is InChI=1S/C10H15ClN2O3S/c1-4-10(2,3)13-9(14)8-5-7(6-12-8)17(11,15)16/h5-6,12H,4H2,1-3H3,(H,13,14). The molecule has 5 nitrogen and oxygen atoms in total. The van der Waals surface area contributed by atoms with Crippen molar-refractivity contribution >= 4 is 25.6 Å². The molecule has 0 atom stereocenters. The van der Waals surface area contributed by atoms with Gasteiger partial charge in [0.15, 0.2) is 0 Å². The molecule has 0 saturated heterocycles. The molecule has 0 aromatic carbocycles. The Morgan fingerprint density at radius 2 is 2.12 bits per heavy atom. The lowest BCUT2D eigenvalue weighted by atomic mass is 10.0. The maximum absolute atomic E-state index is 11.8. The van der Waals surface area contributed by atoms with Gasteiger partial charge < -0.3 is 10.3 Å². The van der Waals surface area contributed by atoms with Crippen LogP contribution in [-0.4, -0.2) is 24.8 Å². The number of aromatic amines is 1. The first kappa shape index (κ1) is 14.1. The molecule has 0 bridgehead atoms. The topological polar surface area (TPSA) is 79.0 Å². The summed E-state index contributed by atoms with van der Waals surface area (Å²) >= 11 is 0. The Bertz CT molecular complexity index is 519. The summed E-state index contributed by atoms with van der Waals surface area (Å²) in [4.78, 5) is 14.2. The van der Waals surface area contributed by atoms with Gasteiger partial charge in [0.2, 0.25) is 0 Å². The van der Waals surface area contributed by atoms with E-state index in [0.29, 0.717) is 0 Å². The van der Waals surface area contributed by atoms with Gasteiger partial charge in [0.1, 0.15) is 10.6 Å². The lowest BCUT2D eigenvalue weighted by molar-refractivity contribution is 0.0906. The maximum Gasteiger partial charge on any atom is 0.268 e. The third-order valence-corrected chi connectivity index (χ3v) is 3.85. The molecule has 17 heavy (non-hydrogen) atoms. The normalized spacial score (nSPS) is 12.5. The molecular formula is C10H15ClN2O3S. The molecule has 0 aliphatic rings. The van der Waals surface area contributed by atoms with E-state index in [-0.39, 0.29) is 22.0 Å². The molecule has 7 heteroatoms. The number of hydrogen-bond acceptors (Lipinski definition) is 3. The summed E-state index contributed by atoms with van der Waals surface area (Å²) in [7, 11) is 1.35. The number of aromatic nitrogens is 1. The van der Waals surface area contributed by atoms with Gasteiger partial charge in [-0.1, -0.05) is 6.92 Å². The van der Waals surface area contributed by atoms with Gasteiger partial charge in [-0.25, -0.2) is 8.42 Å². The fourth-order valence-electron chi connectivity index (χ4n) is 1.11. The molecule has 1 amide bonds. The summed E-state index contributed by atoms with van der Waals surface area (Å²) in [5, 5.41) is 2.78. The van der Waals surface area contributed by atoms with Crippen LogP contribution in [0.5, 0.6) is 0 Å². The number of carbonyl (C=O) groups excluding carboxylic acids is 1. The van der Waals surface area contributed by atoms with Crippen LogP contribution in [0.25, 0.3) is 0 Å². The van der Waals surface area contributed by atoms with Gasteiger partial charge in [0.25, 0.3) is 15.0 Å². The first-order valence-electron chi connectivity index (χ1n) is 5.11. The van der Waals surface area contributed by atoms with Gasteiger partial charge >= 0.3 is 0 Å². The summed E-state index contributed by atoms with van der Waals surface area (Å²) < 4.78 is 22.0. The molecule has 0 aliphatic carbocycles. The second kappa shape index (κ2) is 4.70. The largest absolute Gasteiger partial charge is 0.356 e. The van der Waals surface area contributed by atoms with Gasteiger partial charge in [-0.05, 0) is 26.3 Å². The van der Waals surface area contributed by atoms with Gasteiger partial charge in [0, 0.05) is 22.4 Å². The Hall–Kier alpha value is -1.01. The lowest BCUT2D eigenvalue weighted by Crippen LogP contribution is -2.42. The number of hydrogen-bond donors (Lipinski definition) is 2. The van der Waals surface area contributed by atoms with Crippen LogP contribution in [-0.2, 0) is 9.05 Å². The van der Waals surface area contributed by atoms with Gasteiger partial charge in [-0.3, -0.25) is 4.79 Å². The molecule has 1 aromatic heterocycles. The molecule has 2 N–H and O–H groups in total. The summed E-state index contributed by atoms with van der Waals surface area (Å²) in [6.07, 6.45) is 1.95. The molecule has 0 spiro atoms. The first-order valence-corrected chi connectivity index (χ1v) is 7.42. The fourth-order valence-corrected chi connectivity index (χ4v) is 1.83. The van der Waals surface area contributed by atoms with E-state index in [9.17, 15) is 13.2 Å². The average molecular weight is 279 g/mol. The smallest absolute Gasteiger partial charge is 0.268 e. The fraction of sp³-hybridized carbons (Fsp3) is 0.500. The number of amides is 1. The zero-order chi connectivity index (χ0) is 13.3. The zero-order valence-corrected chi connectivity index (χ0v) is 11.4. The number of halogens is 1. The van der Waals surface area contributed by atoms with Crippen LogP contribution in [0.4, 0.5) is 0 Å². The Kier molecular flexibility index (Phi) is 3.88. The molecule has 0 fully saturated rings. The van der Waals surface area contributed by atoms with Crippen LogP contribution in [0.3, 0.4) is 0 Å². The predicted octanol–water partition coefficient (Wildman–Crippen LogP) is 1.86. The van der Waals surface area contributed by atoms with E-state index >= 15 is 0 Å². The Morgan fingerprint density at radius 3 is 2.53 bits per heavy atom. The SMILES string of the molecule is CCC(C)(C)NC(=O)c1cc(S(=O)(=O)Cl)c[nH]1. The second-order valence-corrected chi connectivity index (χ2v) is 6.94. The van der Waals surface area contributed by atoms with Crippen LogP contribution in [0.2, 0.25) is 0 Å². The van der Waals surface area contributed by atoms with E-state index in [1.807, 2.05) is 20.8 Å². The Balaban J connectivity index is 2.89. The highest BCUT2D eigenvalue weighted by atomic mass is 35.7. The van der Waals surface area contributed by atoms with Crippen LogP contribution < -0.4 is 5.32 Å². The van der Waals surface area contributed by atoms with E-state index in [4.69, 9.17) is 10.7 Å². The van der Waals surface area contributed by atoms with Crippen molar-refractivity contribution in [3.8, 4) is 0 Å². The zero-order valence-electron chi connectivity index (χ0n) is 9.87. The van der Waals surface area contributed by atoms with Gasteiger partial charge in [-0.2, -0.15) is 0 Å². The summed E-state index contributed by atoms with van der Waals surface area (Å²) in [6.45, 7) is 5.71. The number of carbonyl (C=O) groups is 1. The Labute approximate surface area is 105 Å². The maximum atomic E-state index is 11.8. The second-order valence-electron chi connectivity index (χ2n) is 4.38. The Morgan fingerprint density at radius 1 is 1.53 bits per heavy atom. The average Bonchev–Trinajstić information content (AvgIpc) is 2.65. The van der Waals surface area contributed by atoms with Crippen molar-refractivity contribution in [3.63, 3.8) is 0 Å². The van der Waals surface area contributed by atoms with Crippen molar-refractivity contribution in [1.82, 2.24) is 10.3 Å². The quantitative estimate of drug-likeness (QED) is 0.825. The minimum atomic E-state index is -3.80. The molecule has 0 saturated carbocycles. The summed E-state index contributed by atoms with van der Waals surface area (Å²) in [5.74, 6) is -0.358. The monoisotopic (exact) mass is 278 g/mol. The minimum absolute atomic E-state index is 0.112. The van der Waals surface area contributed by atoms with Crippen LogP contribution in [0, 0.1) is 0 Å². The van der Waals surface area contributed by atoms with Crippen molar-refractivity contribution in [2.75, 3.05) is 0 Å². The van der Waals surface area contributed by atoms with E-state index in [2.05, 4.69) is 10.3 Å². The van der Waals surface area contributed by atoms with E-state index in [1.54, 1.807) is 0 Å². The van der Waals surface area contributed by atoms with Crippen LogP contribution >= 0.6 is 10.7 Å². The summed E-state index contributed by atoms with van der Waals surface area (Å²) in [5.41, 5.74) is -0.173. The highest BCUT2D eigenvalue weighted by Crippen LogP contribution is 2.16. The third-order valence-electron chi connectivity index (χ3n) is 2.52. The number of nitrogens with one attached hydrogen (secondary N) is 2. The molecule has 0 radical (unpaired) electrons. The van der Waals surface area contributed by atoms with Crippen LogP contribution in [0.15, 0.2) is 17.2 Å². The van der Waals surface area contributed by atoms with E-state index in [0.717, 1.165) is 6.42 Å². The van der Waals surface area contributed by atoms with E-state index < -0.39 is 9.05 Å². The molecule has 1 aromatic rings. The van der Waals surface area contributed by atoms with Crippen molar-refractivity contribution in [1.29, 1.82) is 0 Å². The van der Waals surface area contributed by atoms with Gasteiger partial charge in [0.05, 0.1) is 0 Å². The highest BCUT2D eigenvalue weighted by molar-refractivity contribution is 8.13. The molecule has 1 rings (SSSR count). The molecule has 0 aliphatic heterocycles. The first-order chi connectivity index (χ1) is 7.65. The number of H-pyrrole nitrogens is 1. The molecule has 1 heterocycles. The molecular weight excluding hydrogens is 264 g/mol. The van der Waals surface area contributed by atoms with Crippen molar-refractivity contribution in [2.24, 2.45) is 0 Å². The summed E-state index contributed by atoms with van der Waals surface area (Å²) in [6, 6.07) is 1.21. The van der Waals surface area contributed by atoms with Gasteiger partial charge in [-0.15, -0.1) is 0 Å². The van der Waals surface area contributed by atoms with E-state index in [1.165, 1.54) is 12.3 Å². The minimum Gasteiger partial charge on any atom is -0.356 e. The lowest BCUT2D eigenvalue weighted by Gasteiger charge is -2.23. The number of rotatable bonds is 4. The molecule has 96 valence electrons. The van der Waals surface area contributed by atoms with Crippen molar-refractivity contribution in [3.05, 3.63) is 18.0 Å².